The van der Waals surface area contributed by atoms with Crippen molar-refractivity contribution in [1.82, 2.24) is 5.43 Å². The number of aryl methyl sites for hydroxylation is 2. The van der Waals surface area contributed by atoms with Gasteiger partial charge < -0.3 is 19.9 Å². The lowest BCUT2D eigenvalue weighted by Gasteiger charge is -2.14. The predicted octanol–water partition coefficient (Wildman–Crippen LogP) is 3.32. The second-order valence-electron chi connectivity index (χ2n) is 6.21. The first kappa shape index (κ1) is 20.8. The van der Waals surface area contributed by atoms with Gasteiger partial charge in [-0.05, 0) is 67.8 Å². The second kappa shape index (κ2) is 9.40. The summed E-state index contributed by atoms with van der Waals surface area (Å²) < 4.78 is 10.5. The first-order chi connectivity index (χ1) is 13.3. The SMILES string of the molecule is COc1cc(/C=N/NC(=O)Nc2cc(C)cc(C)c2)ccc1O[C@@H](C)C(=O)O. The maximum absolute atomic E-state index is 12.0. The molecule has 8 nitrogen and oxygen atoms in total. The zero-order valence-electron chi connectivity index (χ0n) is 16.1. The third kappa shape index (κ3) is 6.01. The molecule has 2 aromatic carbocycles. The number of nitrogens with one attached hydrogen (secondary N) is 2. The van der Waals surface area contributed by atoms with Gasteiger partial charge in [0, 0.05) is 5.69 Å². The number of nitrogens with zero attached hydrogens (tertiary/aromatic N) is 1. The minimum absolute atomic E-state index is 0.301. The molecule has 0 heterocycles. The van der Waals surface area contributed by atoms with Crippen molar-refractivity contribution in [3.8, 4) is 11.5 Å². The number of ether oxygens (including phenoxy) is 2. The summed E-state index contributed by atoms with van der Waals surface area (Å²) in [6.07, 6.45) is 0.428. The monoisotopic (exact) mass is 385 g/mol. The first-order valence-corrected chi connectivity index (χ1v) is 8.54. The van der Waals surface area contributed by atoms with Crippen molar-refractivity contribution in [2.24, 2.45) is 5.10 Å². The molecule has 2 rings (SSSR count). The molecule has 0 aromatic heterocycles. The van der Waals surface area contributed by atoms with E-state index in [4.69, 9.17) is 14.6 Å². The number of carboxylic acids is 1. The van der Waals surface area contributed by atoms with E-state index in [1.807, 2.05) is 32.0 Å². The number of urea groups is 1. The topological polar surface area (TPSA) is 109 Å². The maximum Gasteiger partial charge on any atom is 0.344 e. The number of hydrogen-bond donors (Lipinski definition) is 3. The zero-order valence-corrected chi connectivity index (χ0v) is 16.1. The van der Waals surface area contributed by atoms with Crippen LogP contribution in [-0.2, 0) is 4.79 Å². The molecule has 0 saturated carbocycles. The highest BCUT2D eigenvalue weighted by molar-refractivity contribution is 5.90. The van der Waals surface area contributed by atoms with E-state index in [2.05, 4.69) is 15.8 Å². The number of aliphatic carboxylic acids is 1. The highest BCUT2D eigenvalue weighted by atomic mass is 16.5. The summed E-state index contributed by atoms with van der Waals surface area (Å²) in [6, 6.07) is 10.1. The lowest BCUT2D eigenvalue weighted by molar-refractivity contribution is -0.144. The largest absolute Gasteiger partial charge is 0.493 e. The van der Waals surface area contributed by atoms with Gasteiger partial charge in [-0.15, -0.1) is 0 Å². The van der Waals surface area contributed by atoms with Gasteiger partial charge in [0.2, 0.25) is 0 Å². The molecule has 0 radical (unpaired) electrons. The standard InChI is InChI=1S/C20H23N3O5/c1-12-7-13(2)9-16(8-12)22-20(26)23-21-11-15-5-6-17(18(10-15)27-4)28-14(3)19(24)25/h5-11,14H,1-4H3,(H,24,25)(H2,22,23,26)/b21-11+/t14-/m0/s1. The number of carbonyl (C=O) groups excluding carboxylic acids is 1. The Morgan fingerprint density at radius 1 is 1.11 bits per heavy atom. The van der Waals surface area contributed by atoms with Crippen LogP contribution in [0.1, 0.15) is 23.6 Å². The molecular formula is C20H23N3O5. The molecule has 0 bridgehead atoms. The number of rotatable bonds is 7. The van der Waals surface area contributed by atoms with Crippen LogP contribution in [0.5, 0.6) is 11.5 Å². The molecule has 0 aliphatic rings. The molecule has 1 atom stereocenters. The molecule has 0 spiro atoms. The quantitative estimate of drug-likeness (QED) is 0.500. The third-order valence-electron chi connectivity index (χ3n) is 3.70. The Morgan fingerprint density at radius 3 is 2.39 bits per heavy atom. The van der Waals surface area contributed by atoms with Crippen molar-refractivity contribution in [3.63, 3.8) is 0 Å². The molecule has 0 unspecified atom stereocenters. The molecule has 0 aliphatic carbocycles. The Labute approximate surface area is 163 Å². The summed E-state index contributed by atoms with van der Waals surface area (Å²) in [7, 11) is 1.45. The van der Waals surface area contributed by atoms with E-state index < -0.39 is 18.1 Å². The fourth-order valence-corrected chi connectivity index (χ4v) is 2.47. The lowest BCUT2D eigenvalue weighted by atomic mass is 10.1. The summed E-state index contributed by atoms with van der Waals surface area (Å²) >= 11 is 0. The van der Waals surface area contributed by atoms with E-state index in [9.17, 15) is 9.59 Å². The van der Waals surface area contributed by atoms with Crippen LogP contribution in [-0.4, -0.2) is 36.5 Å². The number of hydrogen-bond acceptors (Lipinski definition) is 5. The van der Waals surface area contributed by atoms with Crippen LogP contribution in [0.25, 0.3) is 0 Å². The van der Waals surface area contributed by atoms with Gasteiger partial charge in [-0.1, -0.05) is 6.07 Å². The van der Waals surface area contributed by atoms with Crippen LogP contribution in [0.4, 0.5) is 10.5 Å². The fraction of sp³-hybridized carbons (Fsp3) is 0.250. The minimum atomic E-state index is -1.08. The summed E-state index contributed by atoms with van der Waals surface area (Å²) in [4.78, 5) is 22.9. The number of amides is 2. The van der Waals surface area contributed by atoms with Gasteiger partial charge in [0.05, 0.1) is 13.3 Å². The van der Waals surface area contributed by atoms with Crippen LogP contribution in [0.15, 0.2) is 41.5 Å². The molecular weight excluding hydrogens is 362 g/mol. The van der Waals surface area contributed by atoms with Crippen molar-refractivity contribution < 1.29 is 24.2 Å². The summed E-state index contributed by atoms with van der Waals surface area (Å²) in [5, 5.41) is 15.5. The first-order valence-electron chi connectivity index (χ1n) is 8.54. The lowest BCUT2D eigenvalue weighted by Crippen LogP contribution is -2.24. The van der Waals surface area contributed by atoms with Gasteiger partial charge in [-0.2, -0.15) is 5.10 Å². The van der Waals surface area contributed by atoms with Crippen LogP contribution in [0, 0.1) is 13.8 Å². The maximum atomic E-state index is 12.0. The average molecular weight is 385 g/mol. The van der Waals surface area contributed by atoms with E-state index in [1.54, 1.807) is 18.2 Å². The number of carbonyl (C=O) groups is 2. The number of benzene rings is 2. The number of methoxy groups -OCH3 is 1. The van der Waals surface area contributed by atoms with E-state index in [-0.39, 0.29) is 0 Å². The van der Waals surface area contributed by atoms with Gasteiger partial charge in [0.25, 0.3) is 0 Å². The van der Waals surface area contributed by atoms with E-state index in [0.29, 0.717) is 22.7 Å². The Hall–Kier alpha value is -3.55. The predicted molar refractivity (Wildman–Crippen MR) is 106 cm³/mol. The molecule has 28 heavy (non-hydrogen) atoms. The van der Waals surface area contributed by atoms with Crippen LogP contribution < -0.4 is 20.2 Å². The highest BCUT2D eigenvalue weighted by Crippen LogP contribution is 2.28. The number of carboxylic acid groups (broad SMARTS) is 1. The van der Waals surface area contributed by atoms with Crippen LogP contribution in [0.2, 0.25) is 0 Å². The summed E-state index contributed by atoms with van der Waals surface area (Å²) in [5.41, 5.74) is 5.80. The van der Waals surface area contributed by atoms with E-state index >= 15 is 0 Å². The summed E-state index contributed by atoms with van der Waals surface area (Å²) in [5.74, 6) is -0.418. The molecule has 3 N–H and O–H groups in total. The molecule has 2 aromatic rings. The highest BCUT2D eigenvalue weighted by Gasteiger charge is 2.15. The van der Waals surface area contributed by atoms with Crippen molar-refractivity contribution in [2.75, 3.05) is 12.4 Å². The molecule has 0 fully saturated rings. The Kier molecular flexibility index (Phi) is 6.97. The molecule has 8 heteroatoms. The third-order valence-corrected chi connectivity index (χ3v) is 3.70. The van der Waals surface area contributed by atoms with Gasteiger partial charge in [0.15, 0.2) is 17.6 Å². The van der Waals surface area contributed by atoms with E-state index in [0.717, 1.165) is 11.1 Å². The normalized spacial score (nSPS) is 11.7. The molecule has 0 aliphatic heterocycles. The van der Waals surface area contributed by atoms with Crippen molar-refractivity contribution in [3.05, 3.63) is 53.1 Å². The summed E-state index contributed by atoms with van der Waals surface area (Å²) in [6.45, 7) is 5.33. The zero-order chi connectivity index (χ0) is 20.7. The number of hydrazone groups is 1. The van der Waals surface area contributed by atoms with Crippen molar-refractivity contribution in [2.45, 2.75) is 26.9 Å². The van der Waals surface area contributed by atoms with Gasteiger partial charge in [-0.3, -0.25) is 0 Å². The van der Waals surface area contributed by atoms with Gasteiger partial charge in [0.1, 0.15) is 0 Å². The van der Waals surface area contributed by atoms with Gasteiger partial charge in [-0.25, -0.2) is 15.0 Å². The Morgan fingerprint density at radius 2 is 1.79 bits per heavy atom. The van der Waals surface area contributed by atoms with Crippen LogP contribution >= 0.6 is 0 Å². The Bertz CT molecular complexity index is 875. The van der Waals surface area contributed by atoms with Gasteiger partial charge >= 0.3 is 12.0 Å². The smallest absolute Gasteiger partial charge is 0.344 e. The number of anilines is 1. The molecule has 148 valence electrons. The minimum Gasteiger partial charge on any atom is -0.493 e. The molecule has 0 saturated heterocycles. The second-order valence-corrected chi connectivity index (χ2v) is 6.21. The van der Waals surface area contributed by atoms with Crippen LogP contribution in [0.3, 0.4) is 0 Å². The van der Waals surface area contributed by atoms with Crippen molar-refractivity contribution >= 4 is 23.9 Å². The molecule has 2 amide bonds. The Balaban J connectivity index is 1.99. The van der Waals surface area contributed by atoms with E-state index in [1.165, 1.54) is 20.2 Å². The van der Waals surface area contributed by atoms with Crippen molar-refractivity contribution in [1.29, 1.82) is 0 Å². The fourth-order valence-electron chi connectivity index (χ4n) is 2.47. The average Bonchev–Trinajstić information content (AvgIpc) is 2.61.